The van der Waals surface area contributed by atoms with Crippen LogP contribution in [0.2, 0.25) is 0 Å². The number of hydrogen-bond donors (Lipinski definition) is 2. The predicted octanol–water partition coefficient (Wildman–Crippen LogP) is 5.18. The molecule has 0 fully saturated rings. The van der Waals surface area contributed by atoms with Gasteiger partial charge < -0.3 is 20.9 Å². The monoisotopic (exact) mass is 616 g/mol. The topological polar surface area (TPSA) is 96.3 Å². The maximum atomic E-state index is 5.63. The summed E-state index contributed by atoms with van der Waals surface area (Å²) in [5.41, 5.74) is 11.3. The molecule has 2 aromatic heterocycles. The van der Waals surface area contributed by atoms with Gasteiger partial charge in [-0.05, 0) is 69.0 Å². The second kappa shape index (κ2) is 13.6. The molecule has 0 saturated carbocycles. The van der Waals surface area contributed by atoms with Gasteiger partial charge in [0.2, 0.25) is 0 Å². The molecule has 0 aliphatic carbocycles. The van der Waals surface area contributed by atoms with Gasteiger partial charge in [0, 0.05) is 10.7 Å². The first kappa shape index (κ1) is 23.5. The number of alkyl halides is 2. The van der Waals surface area contributed by atoms with E-state index in [2.05, 4.69) is 73.7 Å². The van der Waals surface area contributed by atoms with Gasteiger partial charge >= 0.3 is 0 Å². The van der Waals surface area contributed by atoms with Gasteiger partial charge in [0.25, 0.3) is 0 Å². The van der Waals surface area contributed by atoms with Gasteiger partial charge in [-0.3, -0.25) is 0 Å². The van der Waals surface area contributed by atoms with Crippen molar-refractivity contribution in [2.75, 3.05) is 35.3 Å². The zero-order valence-electron chi connectivity index (χ0n) is 13.9. The minimum Gasteiger partial charge on any atom is -0.490 e. The van der Waals surface area contributed by atoms with E-state index < -0.39 is 0 Å². The highest BCUT2D eigenvalue weighted by molar-refractivity contribution is 9.10. The lowest BCUT2D eigenvalue weighted by Crippen LogP contribution is -2.02. The highest BCUT2D eigenvalue weighted by Gasteiger charge is 2.02. The third kappa shape index (κ3) is 9.38. The second-order valence-corrected chi connectivity index (χ2v) is 8.03. The lowest BCUT2D eigenvalue weighted by Gasteiger charge is -2.06. The van der Waals surface area contributed by atoms with Crippen molar-refractivity contribution >= 4 is 75.4 Å². The van der Waals surface area contributed by atoms with E-state index in [1.807, 2.05) is 0 Å². The molecule has 0 spiro atoms. The SMILES string of the molecule is Nc1nc(Br)ccc1OCCCBr.Nc1nc(Br)ccc1OCCCBr. The van der Waals surface area contributed by atoms with Crippen LogP contribution in [0.1, 0.15) is 12.8 Å². The van der Waals surface area contributed by atoms with Crippen LogP contribution < -0.4 is 20.9 Å². The van der Waals surface area contributed by atoms with Crippen LogP contribution in [0.25, 0.3) is 0 Å². The number of hydrogen-bond acceptors (Lipinski definition) is 6. The summed E-state index contributed by atoms with van der Waals surface area (Å²) < 4.78 is 12.2. The molecule has 0 bridgehead atoms. The molecule has 0 atom stereocenters. The average molecular weight is 620 g/mol. The Kier molecular flexibility index (Phi) is 12.2. The number of nitrogens with zero attached hydrogens (tertiary/aromatic N) is 2. The summed E-state index contributed by atoms with van der Waals surface area (Å²) in [6.45, 7) is 1.30. The Hall–Kier alpha value is -0.580. The van der Waals surface area contributed by atoms with E-state index in [0.29, 0.717) is 36.3 Å². The van der Waals surface area contributed by atoms with E-state index >= 15 is 0 Å². The van der Waals surface area contributed by atoms with Gasteiger partial charge in [-0.15, -0.1) is 0 Å². The fraction of sp³-hybridized carbons (Fsp3) is 0.375. The van der Waals surface area contributed by atoms with Crippen molar-refractivity contribution in [1.29, 1.82) is 0 Å². The molecule has 26 heavy (non-hydrogen) atoms. The van der Waals surface area contributed by atoms with E-state index in [4.69, 9.17) is 20.9 Å². The lowest BCUT2D eigenvalue weighted by molar-refractivity contribution is 0.319. The quantitative estimate of drug-likeness (QED) is 0.240. The normalized spacial score (nSPS) is 10.0. The number of nitrogens with two attached hydrogens (primary N) is 2. The molecule has 2 aromatic rings. The summed E-state index contributed by atoms with van der Waals surface area (Å²) in [5.74, 6) is 2.13. The van der Waals surface area contributed by atoms with Gasteiger partial charge in [0.05, 0.1) is 13.2 Å². The van der Waals surface area contributed by atoms with Crippen LogP contribution in [-0.4, -0.2) is 33.8 Å². The zero-order chi connectivity index (χ0) is 19.4. The largest absolute Gasteiger partial charge is 0.490 e. The molecule has 0 unspecified atom stereocenters. The summed E-state index contributed by atoms with van der Waals surface area (Å²) >= 11 is 13.1. The number of ether oxygens (including phenoxy) is 2. The maximum Gasteiger partial charge on any atom is 0.167 e. The highest BCUT2D eigenvalue weighted by atomic mass is 79.9. The Morgan fingerprint density at radius 1 is 0.731 bits per heavy atom. The Morgan fingerprint density at radius 3 is 1.42 bits per heavy atom. The van der Waals surface area contributed by atoms with Crippen LogP contribution in [0, 0.1) is 0 Å². The molecule has 0 aromatic carbocycles. The standard InChI is InChI=1S/2C8H10Br2N2O/c2*9-4-1-5-13-6-2-3-7(10)12-8(6)11/h2*2-3H,1,4-5H2,(H2,11,12). The van der Waals surface area contributed by atoms with Crippen molar-refractivity contribution < 1.29 is 9.47 Å². The van der Waals surface area contributed by atoms with Crippen LogP contribution in [0.5, 0.6) is 11.5 Å². The van der Waals surface area contributed by atoms with Gasteiger partial charge in [0.15, 0.2) is 23.1 Å². The van der Waals surface area contributed by atoms with Crippen LogP contribution in [0.4, 0.5) is 11.6 Å². The number of halogens is 4. The number of nitrogen functional groups attached to an aromatic ring is 2. The summed E-state index contributed by atoms with van der Waals surface area (Å²) in [6, 6.07) is 7.22. The average Bonchev–Trinajstić information content (AvgIpc) is 2.60. The Morgan fingerprint density at radius 2 is 1.12 bits per heavy atom. The molecule has 0 aliphatic heterocycles. The van der Waals surface area contributed by atoms with E-state index in [1.54, 1.807) is 24.3 Å². The van der Waals surface area contributed by atoms with Crippen molar-refractivity contribution in [2.45, 2.75) is 12.8 Å². The Bertz CT molecular complexity index is 619. The first-order chi connectivity index (χ1) is 12.5. The molecule has 2 heterocycles. The predicted molar refractivity (Wildman–Crippen MR) is 121 cm³/mol. The summed E-state index contributed by atoms with van der Waals surface area (Å²) in [6.07, 6.45) is 1.91. The van der Waals surface area contributed by atoms with Crippen LogP contribution >= 0.6 is 63.7 Å². The lowest BCUT2D eigenvalue weighted by atomic mass is 10.4. The van der Waals surface area contributed by atoms with Crippen molar-refractivity contribution in [3.05, 3.63) is 33.5 Å². The van der Waals surface area contributed by atoms with Crippen molar-refractivity contribution in [1.82, 2.24) is 9.97 Å². The van der Waals surface area contributed by atoms with E-state index in [9.17, 15) is 0 Å². The van der Waals surface area contributed by atoms with Crippen LogP contribution in [0.3, 0.4) is 0 Å². The minimum atomic E-state index is 0.420. The third-order valence-electron chi connectivity index (χ3n) is 2.77. The first-order valence-corrected chi connectivity index (χ1v) is 11.5. The van der Waals surface area contributed by atoms with Crippen LogP contribution in [-0.2, 0) is 0 Å². The smallest absolute Gasteiger partial charge is 0.167 e. The molecular formula is C16H20Br4N4O2. The molecule has 0 aliphatic rings. The fourth-order valence-electron chi connectivity index (χ4n) is 1.59. The van der Waals surface area contributed by atoms with Gasteiger partial charge in [0.1, 0.15) is 9.21 Å². The molecular weight excluding hydrogens is 600 g/mol. The molecule has 0 amide bonds. The number of anilines is 2. The maximum absolute atomic E-state index is 5.63. The third-order valence-corrected chi connectivity index (χ3v) is 4.78. The van der Waals surface area contributed by atoms with E-state index in [0.717, 1.165) is 32.7 Å². The van der Waals surface area contributed by atoms with E-state index in [1.165, 1.54) is 0 Å². The molecule has 0 saturated heterocycles. The zero-order valence-corrected chi connectivity index (χ0v) is 20.3. The van der Waals surface area contributed by atoms with Crippen molar-refractivity contribution in [2.24, 2.45) is 0 Å². The molecule has 0 radical (unpaired) electrons. The first-order valence-electron chi connectivity index (χ1n) is 7.69. The van der Waals surface area contributed by atoms with Crippen molar-refractivity contribution in [3.8, 4) is 11.5 Å². The van der Waals surface area contributed by atoms with E-state index in [-0.39, 0.29) is 0 Å². The van der Waals surface area contributed by atoms with Gasteiger partial charge in [-0.2, -0.15) is 0 Å². The molecule has 2 rings (SSSR count). The number of pyridine rings is 2. The van der Waals surface area contributed by atoms with Crippen LogP contribution in [0.15, 0.2) is 33.5 Å². The summed E-state index contributed by atoms with van der Waals surface area (Å²) in [5, 5.41) is 1.85. The molecule has 6 nitrogen and oxygen atoms in total. The number of aromatic nitrogens is 2. The summed E-state index contributed by atoms with van der Waals surface area (Å²) in [4.78, 5) is 8.02. The molecule has 4 N–H and O–H groups in total. The molecule has 10 heteroatoms. The molecule has 144 valence electrons. The second-order valence-electron chi connectivity index (χ2n) is 4.82. The minimum absolute atomic E-state index is 0.420. The van der Waals surface area contributed by atoms with Crippen molar-refractivity contribution in [3.63, 3.8) is 0 Å². The van der Waals surface area contributed by atoms with Gasteiger partial charge in [-0.25, -0.2) is 9.97 Å². The Balaban J connectivity index is 0.000000260. The Labute approximate surface area is 187 Å². The highest BCUT2D eigenvalue weighted by Crippen LogP contribution is 2.22. The fourth-order valence-corrected chi connectivity index (χ4v) is 2.70. The summed E-state index contributed by atoms with van der Waals surface area (Å²) in [7, 11) is 0. The number of rotatable bonds is 8. The van der Waals surface area contributed by atoms with Gasteiger partial charge in [-0.1, -0.05) is 31.9 Å².